The molecule has 0 saturated carbocycles. The Hall–Kier alpha value is -2.55. The van der Waals surface area contributed by atoms with Crippen LogP contribution in [0.5, 0.6) is 0 Å². The Morgan fingerprint density at radius 3 is 2.21 bits per heavy atom. The molecule has 0 atom stereocenters. The van der Waals surface area contributed by atoms with E-state index in [4.69, 9.17) is 5.11 Å². The molecule has 1 fully saturated rings. The second-order valence-electron chi connectivity index (χ2n) is 8.00. The lowest BCUT2D eigenvalue weighted by molar-refractivity contribution is -0.125. The van der Waals surface area contributed by atoms with Crippen LogP contribution >= 0.6 is 0 Å². The highest BCUT2D eigenvalue weighted by Crippen LogP contribution is 2.39. The van der Waals surface area contributed by atoms with Crippen molar-refractivity contribution >= 4 is 26.9 Å². The third-order valence-corrected chi connectivity index (χ3v) is 7.03. The smallest absolute Gasteiger partial charge is 0.407 e. The van der Waals surface area contributed by atoms with E-state index in [0.29, 0.717) is 31.5 Å². The molecule has 0 bridgehead atoms. The van der Waals surface area contributed by atoms with Gasteiger partial charge in [-0.25, -0.2) is 17.5 Å². The first-order valence-corrected chi connectivity index (χ1v) is 10.6. The van der Waals surface area contributed by atoms with E-state index in [0.717, 1.165) is 4.31 Å². The van der Waals surface area contributed by atoms with E-state index >= 15 is 0 Å². The maximum atomic E-state index is 13.3. The van der Waals surface area contributed by atoms with Crippen molar-refractivity contribution < 1.29 is 23.1 Å². The summed E-state index contributed by atoms with van der Waals surface area (Å²) in [7, 11) is -4.02. The molecule has 1 saturated heterocycles. The molecule has 0 aliphatic carbocycles. The minimum Gasteiger partial charge on any atom is -0.465 e. The van der Waals surface area contributed by atoms with E-state index in [1.807, 2.05) is 0 Å². The Morgan fingerprint density at radius 2 is 1.71 bits per heavy atom. The number of hydrogen-bond donors (Lipinski definition) is 2. The molecule has 2 aliphatic rings. The van der Waals surface area contributed by atoms with Crippen LogP contribution in [0.1, 0.15) is 39.2 Å². The second-order valence-corrected chi connectivity index (χ2v) is 9.73. The summed E-state index contributed by atoms with van der Waals surface area (Å²) < 4.78 is 27.5. The van der Waals surface area contributed by atoms with E-state index in [-0.39, 0.29) is 16.6 Å². The predicted octanol–water partition coefficient (Wildman–Crippen LogP) is 2.06. The second kappa shape index (κ2) is 7.12. The zero-order chi connectivity index (χ0) is 20.7. The highest BCUT2D eigenvalue weighted by atomic mass is 32.2. The van der Waals surface area contributed by atoms with Crippen LogP contribution in [0.2, 0.25) is 0 Å². The average molecular weight is 407 g/mol. The predicted molar refractivity (Wildman–Crippen MR) is 105 cm³/mol. The maximum Gasteiger partial charge on any atom is 0.407 e. The number of hydrogen-bond acceptors (Lipinski definition) is 5. The molecule has 9 heteroatoms. The van der Waals surface area contributed by atoms with Gasteiger partial charge in [0.2, 0.25) is 0 Å². The van der Waals surface area contributed by atoms with Crippen molar-refractivity contribution in [1.29, 1.82) is 0 Å². The SMILES string of the molecule is CC(C)(C)N1C(=O)C(NC2CCN(C(=O)O)CC2)=C(c2ccccc2)S1(=O)=O. The van der Waals surface area contributed by atoms with Crippen LogP contribution in [-0.4, -0.2) is 59.4 Å². The van der Waals surface area contributed by atoms with Gasteiger partial charge in [0.05, 0.1) is 5.54 Å². The number of carbonyl (C=O) groups excluding carboxylic acids is 1. The molecular formula is C19H25N3O5S. The number of carboxylic acid groups (broad SMARTS) is 1. The molecule has 2 heterocycles. The van der Waals surface area contributed by atoms with Crippen LogP contribution in [0.25, 0.3) is 4.91 Å². The fraction of sp³-hybridized carbons (Fsp3) is 0.474. The third kappa shape index (κ3) is 3.58. The lowest BCUT2D eigenvalue weighted by Crippen LogP contribution is -2.48. The summed E-state index contributed by atoms with van der Waals surface area (Å²) in [6.07, 6.45) is 0.0302. The standard InChI is InChI=1S/C19H25N3O5S/c1-19(2,3)22-17(23)15(20-14-9-11-21(12-10-14)18(24)25)16(28(22,26)27)13-7-5-4-6-8-13/h4-8,14,20H,9-12H2,1-3H3,(H,24,25). The van der Waals surface area contributed by atoms with Crippen LogP contribution < -0.4 is 5.32 Å². The van der Waals surface area contributed by atoms with Crippen molar-refractivity contribution in [3.63, 3.8) is 0 Å². The van der Waals surface area contributed by atoms with Gasteiger partial charge < -0.3 is 15.3 Å². The largest absolute Gasteiger partial charge is 0.465 e. The molecule has 28 heavy (non-hydrogen) atoms. The van der Waals surface area contributed by atoms with Gasteiger partial charge in [0.1, 0.15) is 10.6 Å². The lowest BCUT2D eigenvalue weighted by Gasteiger charge is -2.32. The summed E-state index contributed by atoms with van der Waals surface area (Å²) >= 11 is 0. The molecule has 0 spiro atoms. The molecule has 2 amide bonds. The molecule has 3 rings (SSSR count). The van der Waals surface area contributed by atoms with Crippen molar-refractivity contribution in [2.24, 2.45) is 0 Å². The summed E-state index contributed by atoms with van der Waals surface area (Å²) in [4.78, 5) is 25.5. The zero-order valence-corrected chi connectivity index (χ0v) is 17.0. The lowest BCUT2D eigenvalue weighted by atomic mass is 10.0. The van der Waals surface area contributed by atoms with Crippen LogP contribution in [0.3, 0.4) is 0 Å². The van der Waals surface area contributed by atoms with Crippen LogP contribution in [0, 0.1) is 0 Å². The summed E-state index contributed by atoms with van der Waals surface area (Å²) in [6.45, 7) is 5.72. The zero-order valence-electron chi connectivity index (χ0n) is 16.2. The molecule has 0 unspecified atom stereocenters. The first-order chi connectivity index (χ1) is 13.0. The van der Waals surface area contributed by atoms with Gasteiger partial charge in [0.15, 0.2) is 0 Å². The normalized spacial score (nSPS) is 20.6. The summed E-state index contributed by atoms with van der Waals surface area (Å²) in [6, 6.07) is 8.39. The van der Waals surface area contributed by atoms with Gasteiger partial charge in [0, 0.05) is 19.1 Å². The maximum absolute atomic E-state index is 13.3. The number of benzene rings is 1. The number of amides is 2. The van der Waals surface area contributed by atoms with Gasteiger partial charge in [-0.1, -0.05) is 30.3 Å². The van der Waals surface area contributed by atoms with E-state index in [1.54, 1.807) is 51.1 Å². The van der Waals surface area contributed by atoms with Crippen molar-refractivity contribution in [3.05, 3.63) is 41.6 Å². The van der Waals surface area contributed by atoms with Crippen molar-refractivity contribution in [2.45, 2.75) is 45.2 Å². The molecule has 1 aromatic rings. The molecule has 0 aromatic heterocycles. The average Bonchev–Trinajstić information content (AvgIpc) is 2.81. The van der Waals surface area contributed by atoms with Gasteiger partial charge in [-0.05, 0) is 39.2 Å². The number of nitrogens with one attached hydrogen (secondary N) is 1. The monoisotopic (exact) mass is 407 g/mol. The number of nitrogens with zero attached hydrogens (tertiary/aromatic N) is 2. The Balaban J connectivity index is 1.99. The third-order valence-electron chi connectivity index (χ3n) is 4.88. The first-order valence-electron chi connectivity index (χ1n) is 9.17. The number of piperidine rings is 1. The molecular weight excluding hydrogens is 382 g/mol. The Bertz CT molecular complexity index is 911. The topological polar surface area (TPSA) is 107 Å². The summed E-state index contributed by atoms with van der Waals surface area (Å²) in [5.41, 5.74) is -0.394. The fourth-order valence-electron chi connectivity index (χ4n) is 3.62. The molecule has 152 valence electrons. The first kappa shape index (κ1) is 20.2. The highest BCUT2D eigenvalue weighted by molar-refractivity contribution is 7.99. The molecule has 8 nitrogen and oxygen atoms in total. The molecule has 0 radical (unpaired) electrons. The fourth-order valence-corrected chi connectivity index (χ4v) is 5.67. The number of rotatable bonds is 3. The van der Waals surface area contributed by atoms with Gasteiger partial charge in [-0.2, -0.15) is 0 Å². The van der Waals surface area contributed by atoms with Crippen molar-refractivity contribution in [1.82, 2.24) is 14.5 Å². The van der Waals surface area contributed by atoms with Crippen molar-refractivity contribution in [3.8, 4) is 0 Å². The van der Waals surface area contributed by atoms with E-state index in [2.05, 4.69) is 5.32 Å². The van der Waals surface area contributed by atoms with Crippen LogP contribution in [-0.2, 0) is 14.8 Å². The Morgan fingerprint density at radius 1 is 1.14 bits per heavy atom. The van der Waals surface area contributed by atoms with Crippen molar-refractivity contribution in [2.75, 3.05) is 13.1 Å². The Kier molecular flexibility index (Phi) is 5.14. The number of sulfonamides is 1. The van der Waals surface area contributed by atoms with Gasteiger partial charge in [0.25, 0.3) is 15.9 Å². The van der Waals surface area contributed by atoms with Crippen LogP contribution in [0.15, 0.2) is 36.0 Å². The van der Waals surface area contributed by atoms with Gasteiger partial charge >= 0.3 is 6.09 Å². The number of carbonyl (C=O) groups is 2. The molecule has 2 aliphatic heterocycles. The Labute approximate surface area is 164 Å². The van der Waals surface area contributed by atoms with E-state index in [9.17, 15) is 18.0 Å². The minimum absolute atomic E-state index is 0.0197. The van der Waals surface area contributed by atoms with E-state index in [1.165, 1.54) is 4.90 Å². The van der Waals surface area contributed by atoms with Gasteiger partial charge in [-0.15, -0.1) is 0 Å². The quantitative estimate of drug-likeness (QED) is 0.794. The van der Waals surface area contributed by atoms with Gasteiger partial charge in [-0.3, -0.25) is 4.79 Å². The summed E-state index contributed by atoms with van der Waals surface area (Å²) in [5, 5.41) is 12.2. The minimum atomic E-state index is -4.02. The van der Waals surface area contributed by atoms with Crippen LogP contribution in [0.4, 0.5) is 4.79 Å². The highest BCUT2D eigenvalue weighted by Gasteiger charge is 2.49. The van der Waals surface area contributed by atoms with E-state index < -0.39 is 27.6 Å². The molecule has 1 aromatic carbocycles. The summed E-state index contributed by atoms with van der Waals surface area (Å²) in [5.74, 6) is -0.577. The molecule has 2 N–H and O–H groups in total. The number of likely N-dealkylation sites (tertiary alicyclic amines) is 1.